The lowest BCUT2D eigenvalue weighted by Gasteiger charge is -2.34. The van der Waals surface area contributed by atoms with Crippen LogP contribution in [-0.2, 0) is 6.42 Å². The van der Waals surface area contributed by atoms with Gasteiger partial charge >= 0.3 is 0 Å². The van der Waals surface area contributed by atoms with Crippen LogP contribution in [0.5, 0.6) is 11.5 Å². The minimum Gasteiger partial charge on any atom is -0.504 e. The number of phenolic OH excluding ortho intramolecular Hbond substituents is 1. The predicted octanol–water partition coefficient (Wildman–Crippen LogP) is 5.98. The van der Waals surface area contributed by atoms with Crippen LogP contribution in [0.15, 0.2) is 72.8 Å². The van der Waals surface area contributed by atoms with Crippen LogP contribution >= 0.6 is 11.6 Å². The summed E-state index contributed by atoms with van der Waals surface area (Å²) >= 11 is 6.51. The number of ether oxygens (including phenoxy) is 1. The number of hydrogen-bond acceptors (Lipinski definition) is 4. The molecule has 5 heteroatoms. The monoisotopic (exact) mass is 434 g/mol. The first kappa shape index (κ1) is 21.3. The summed E-state index contributed by atoms with van der Waals surface area (Å²) < 4.78 is 5.60. The second-order valence-electron chi connectivity index (χ2n) is 7.50. The SMILES string of the molecule is CCOc1cccc(C2C=C(c3ccc(CC)cc3)NC(c3ccccc3Cl)N2)c1O. The number of aromatic hydroxyl groups is 1. The fourth-order valence-corrected chi connectivity index (χ4v) is 4.10. The predicted molar refractivity (Wildman–Crippen MR) is 126 cm³/mol. The van der Waals surface area contributed by atoms with Crippen LogP contribution in [0, 0.1) is 0 Å². The zero-order valence-electron chi connectivity index (χ0n) is 17.7. The molecule has 0 fully saturated rings. The largest absolute Gasteiger partial charge is 0.504 e. The lowest BCUT2D eigenvalue weighted by Crippen LogP contribution is -2.39. The normalized spacial score (nSPS) is 18.2. The van der Waals surface area contributed by atoms with Gasteiger partial charge in [0.05, 0.1) is 12.6 Å². The molecule has 0 aliphatic carbocycles. The maximum Gasteiger partial charge on any atom is 0.162 e. The molecule has 0 saturated carbocycles. The molecule has 3 aromatic carbocycles. The molecule has 2 atom stereocenters. The molecule has 3 N–H and O–H groups in total. The van der Waals surface area contributed by atoms with Gasteiger partial charge in [-0.05, 0) is 42.7 Å². The van der Waals surface area contributed by atoms with Crippen LogP contribution in [0.1, 0.15) is 48.3 Å². The number of hydrogen-bond donors (Lipinski definition) is 3. The Labute approximate surface area is 188 Å². The minimum absolute atomic E-state index is 0.151. The molecule has 1 aliphatic heterocycles. The van der Waals surface area contributed by atoms with Crippen molar-refractivity contribution in [2.45, 2.75) is 32.5 Å². The van der Waals surface area contributed by atoms with Crippen molar-refractivity contribution in [3.63, 3.8) is 0 Å². The van der Waals surface area contributed by atoms with E-state index in [2.05, 4.69) is 47.9 Å². The lowest BCUT2D eigenvalue weighted by molar-refractivity contribution is 0.314. The van der Waals surface area contributed by atoms with Gasteiger partial charge in [0.2, 0.25) is 0 Å². The van der Waals surface area contributed by atoms with Crippen molar-refractivity contribution in [2.24, 2.45) is 0 Å². The fourth-order valence-electron chi connectivity index (χ4n) is 3.86. The molecule has 1 heterocycles. The van der Waals surface area contributed by atoms with Crippen molar-refractivity contribution in [2.75, 3.05) is 6.61 Å². The first-order valence-corrected chi connectivity index (χ1v) is 11.0. The third-order valence-electron chi connectivity index (χ3n) is 5.53. The molecular formula is C26H27ClN2O2. The second-order valence-corrected chi connectivity index (χ2v) is 7.91. The van der Waals surface area contributed by atoms with E-state index in [-0.39, 0.29) is 18.0 Å². The van der Waals surface area contributed by atoms with E-state index in [0.29, 0.717) is 17.4 Å². The van der Waals surface area contributed by atoms with E-state index in [1.807, 2.05) is 43.3 Å². The van der Waals surface area contributed by atoms with Gasteiger partial charge in [-0.1, -0.05) is 73.1 Å². The topological polar surface area (TPSA) is 53.5 Å². The minimum atomic E-state index is -0.233. The van der Waals surface area contributed by atoms with E-state index >= 15 is 0 Å². The van der Waals surface area contributed by atoms with Gasteiger partial charge < -0.3 is 15.2 Å². The van der Waals surface area contributed by atoms with E-state index < -0.39 is 0 Å². The molecule has 0 aromatic heterocycles. The van der Waals surface area contributed by atoms with Crippen LogP contribution in [0.25, 0.3) is 5.70 Å². The summed E-state index contributed by atoms with van der Waals surface area (Å²) in [5.74, 6) is 0.635. The van der Waals surface area contributed by atoms with Gasteiger partial charge in [-0.15, -0.1) is 0 Å². The highest BCUT2D eigenvalue weighted by molar-refractivity contribution is 6.31. The highest BCUT2D eigenvalue weighted by Crippen LogP contribution is 2.38. The average molecular weight is 435 g/mol. The summed E-state index contributed by atoms with van der Waals surface area (Å²) in [6.07, 6.45) is 2.87. The molecule has 31 heavy (non-hydrogen) atoms. The molecule has 1 aliphatic rings. The van der Waals surface area contributed by atoms with Gasteiger partial charge in [-0.3, -0.25) is 5.32 Å². The van der Waals surface area contributed by atoms with Crippen LogP contribution < -0.4 is 15.4 Å². The molecular weight excluding hydrogens is 408 g/mol. The van der Waals surface area contributed by atoms with E-state index in [0.717, 1.165) is 28.8 Å². The Morgan fingerprint density at radius 3 is 2.39 bits per heavy atom. The van der Waals surface area contributed by atoms with E-state index in [4.69, 9.17) is 16.3 Å². The molecule has 0 spiro atoms. The highest BCUT2D eigenvalue weighted by Gasteiger charge is 2.27. The molecule has 4 rings (SSSR count). The summed E-state index contributed by atoms with van der Waals surface area (Å²) in [7, 11) is 0. The van der Waals surface area contributed by atoms with Crippen molar-refractivity contribution in [1.29, 1.82) is 0 Å². The summed E-state index contributed by atoms with van der Waals surface area (Å²) in [4.78, 5) is 0. The molecule has 0 bridgehead atoms. The smallest absolute Gasteiger partial charge is 0.162 e. The van der Waals surface area contributed by atoms with Crippen molar-refractivity contribution in [3.8, 4) is 11.5 Å². The summed E-state index contributed by atoms with van der Waals surface area (Å²) in [5, 5.41) is 18.7. The molecule has 0 amide bonds. The lowest BCUT2D eigenvalue weighted by atomic mass is 9.97. The summed E-state index contributed by atoms with van der Waals surface area (Å²) in [6.45, 7) is 4.54. The number of nitrogens with one attached hydrogen (secondary N) is 2. The van der Waals surface area contributed by atoms with Gasteiger partial charge in [-0.2, -0.15) is 0 Å². The van der Waals surface area contributed by atoms with Crippen LogP contribution in [0.3, 0.4) is 0 Å². The first-order chi connectivity index (χ1) is 15.1. The van der Waals surface area contributed by atoms with Gasteiger partial charge in [0.1, 0.15) is 6.17 Å². The maximum absolute atomic E-state index is 10.9. The van der Waals surface area contributed by atoms with Gasteiger partial charge in [0.15, 0.2) is 11.5 Å². The Morgan fingerprint density at radius 1 is 0.935 bits per heavy atom. The molecule has 0 saturated heterocycles. The van der Waals surface area contributed by atoms with Gasteiger partial charge in [0.25, 0.3) is 0 Å². The summed E-state index contributed by atoms with van der Waals surface area (Å²) in [5.41, 5.74) is 5.07. The number of benzene rings is 3. The Bertz CT molecular complexity index is 1080. The van der Waals surface area contributed by atoms with E-state index in [9.17, 15) is 5.11 Å². The number of phenols is 1. The number of aryl methyl sites for hydroxylation is 1. The van der Waals surface area contributed by atoms with E-state index in [1.54, 1.807) is 6.07 Å². The molecule has 160 valence electrons. The van der Waals surface area contributed by atoms with Crippen LogP contribution in [0.2, 0.25) is 5.02 Å². The Morgan fingerprint density at radius 2 is 1.68 bits per heavy atom. The molecule has 2 unspecified atom stereocenters. The van der Waals surface area contributed by atoms with Crippen molar-refractivity contribution in [3.05, 3.63) is 100 Å². The van der Waals surface area contributed by atoms with Gasteiger partial charge in [-0.25, -0.2) is 0 Å². The molecule has 3 aromatic rings. The number of halogens is 1. The van der Waals surface area contributed by atoms with Crippen LogP contribution in [0.4, 0.5) is 0 Å². The fraction of sp³-hybridized carbons (Fsp3) is 0.231. The van der Waals surface area contributed by atoms with Crippen molar-refractivity contribution >= 4 is 17.3 Å². The zero-order chi connectivity index (χ0) is 21.8. The second kappa shape index (κ2) is 9.46. The Hall–Kier alpha value is -2.95. The standard InChI is InChI=1S/C26H27ClN2O2/c1-3-17-12-14-18(15-13-17)22-16-23(20-9-7-11-24(25(20)30)31-4-2)29-26(28-22)19-8-5-6-10-21(19)27/h5-16,23,26,28-30H,3-4H2,1-2H3. The third kappa shape index (κ3) is 4.55. The average Bonchev–Trinajstić information content (AvgIpc) is 2.80. The maximum atomic E-state index is 10.9. The highest BCUT2D eigenvalue weighted by atomic mass is 35.5. The zero-order valence-corrected chi connectivity index (χ0v) is 18.5. The third-order valence-corrected chi connectivity index (χ3v) is 5.88. The van der Waals surface area contributed by atoms with Crippen molar-refractivity contribution in [1.82, 2.24) is 10.6 Å². The Balaban J connectivity index is 1.77. The van der Waals surface area contributed by atoms with Gasteiger partial charge in [0, 0.05) is 21.8 Å². The van der Waals surface area contributed by atoms with Crippen molar-refractivity contribution < 1.29 is 9.84 Å². The number of para-hydroxylation sites is 1. The molecule has 4 nitrogen and oxygen atoms in total. The van der Waals surface area contributed by atoms with Crippen LogP contribution in [-0.4, -0.2) is 11.7 Å². The molecule has 0 radical (unpaired) electrons. The summed E-state index contributed by atoms with van der Waals surface area (Å²) in [6, 6.07) is 21.7. The Kier molecular flexibility index (Phi) is 6.50. The first-order valence-electron chi connectivity index (χ1n) is 10.6. The number of rotatable bonds is 6. The quantitative estimate of drug-likeness (QED) is 0.446. The van der Waals surface area contributed by atoms with E-state index in [1.165, 1.54) is 5.56 Å².